The van der Waals surface area contributed by atoms with Crippen LogP contribution in [0.3, 0.4) is 0 Å². The molecule has 0 aromatic heterocycles. The Hall–Kier alpha value is -3.15. The van der Waals surface area contributed by atoms with Crippen LogP contribution in [-0.4, -0.2) is 126 Å². The van der Waals surface area contributed by atoms with Crippen molar-refractivity contribution in [2.75, 3.05) is 66.5 Å². The van der Waals surface area contributed by atoms with Crippen LogP contribution in [0.15, 0.2) is 107 Å². The molecular formula is C67H79N9O3Y4-2. The summed E-state index contributed by atoms with van der Waals surface area (Å²) < 4.78 is 0. The van der Waals surface area contributed by atoms with Crippen LogP contribution in [0.2, 0.25) is 0 Å². The number of aryl methyl sites for hydroxylation is 2. The molecule has 0 aliphatic carbocycles. The fourth-order valence-corrected chi connectivity index (χ4v) is 12.0. The maximum absolute atomic E-state index is 14.7. The third-order valence-electron chi connectivity index (χ3n) is 17.6. The number of hydrogen-bond donors (Lipinski definition) is 1. The molecule has 0 spiro atoms. The molecule has 2 saturated heterocycles. The van der Waals surface area contributed by atoms with Crippen LogP contribution < -0.4 is 5.32 Å². The zero-order chi connectivity index (χ0) is 56.6. The van der Waals surface area contributed by atoms with Crippen molar-refractivity contribution >= 4 is 29.8 Å². The molecule has 4 radical (unpaired) electrons. The Morgan fingerprint density at radius 2 is 0.723 bits per heavy atom. The van der Waals surface area contributed by atoms with Crippen molar-refractivity contribution in [2.45, 2.75) is 107 Å². The molecule has 6 aromatic carbocycles. The van der Waals surface area contributed by atoms with E-state index in [1.165, 1.54) is 55.6 Å². The molecule has 4 aliphatic rings. The molecule has 0 unspecified atom stereocenters. The summed E-state index contributed by atoms with van der Waals surface area (Å²) in [5, 5.41) is 3.38. The van der Waals surface area contributed by atoms with E-state index in [9.17, 15) is 14.4 Å². The van der Waals surface area contributed by atoms with Gasteiger partial charge in [0.2, 0.25) is 0 Å². The zero-order valence-corrected chi connectivity index (χ0v) is 62.7. The van der Waals surface area contributed by atoms with Crippen LogP contribution in [-0.2, 0) is 131 Å². The van der Waals surface area contributed by atoms with Gasteiger partial charge in [-0.1, -0.05) is 59.7 Å². The molecule has 4 heterocycles. The molecule has 83 heavy (non-hydrogen) atoms. The Morgan fingerprint density at radius 3 is 1.05 bits per heavy atom. The molecule has 1 N–H and O–H groups in total. The first kappa shape index (κ1) is 70.6. The van der Waals surface area contributed by atoms with E-state index in [-0.39, 0.29) is 173 Å². The monoisotopic (exact) mass is 1410 g/mol. The van der Waals surface area contributed by atoms with Gasteiger partial charge < -0.3 is 24.9 Å². The summed E-state index contributed by atoms with van der Waals surface area (Å²) in [6.07, 6.45) is 0. The summed E-state index contributed by atoms with van der Waals surface area (Å²) in [6, 6.07) is 38.2. The predicted octanol–water partition coefficient (Wildman–Crippen LogP) is 12.2. The van der Waals surface area contributed by atoms with Gasteiger partial charge in [-0.3, -0.25) is 19.8 Å². The third-order valence-corrected chi connectivity index (χ3v) is 17.6. The van der Waals surface area contributed by atoms with Crippen LogP contribution in [0.5, 0.6) is 0 Å². The van der Waals surface area contributed by atoms with Crippen molar-refractivity contribution in [2.24, 2.45) is 9.98 Å². The molecule has 10 rings (SSSR count). The van der Waals surface area contributed by atoms with E-state index in [1.807, 2.05) is 60.9 Å². The first-order valence-electron chi connectivity index (χ1n) is 28.0. The molecule has 4 aliphatic heterocycles. The number of piperazine rings is 2. The smallest absolute Gasteiger partial charge is 0.326 e. The number of urea groups is 3. The van der Waals surface area contributed by atoms with E-state index in [0.717, 1.165) is 69.3 Å². The summed E-state index contributed by atoms with van der Waals surface area (Å²) in [5.74, 6) is 1.50. The average Bonchev–Trinajstić information content (AvgIpc) is 3.38. The van der Waals surface area contributed by atoms with E-state index in [1.54, 1.807) is 19.0 Å². The van der Waals surface area contributed by atoms with Crippen LogP contribution in [0, 0.1) is 95.2 Å². The predicted molar refractivity (Wildman–Crippen MR) is 318 cm³/mol. The number of carbonyl (C=O) groups excluding carboxylic acids is 3. The first-order valence-corrected chi connectivity index (χ1v) is 28.0. The number of benzene rings is 6. The maximum Gasteiger partial charge on any atom is 0.326 e. The Kier molecular flexibility index (Phi) is 26.1. The number of amides is 6. The van der Waals surface area contributed by atoms with Crippen molar-refractivity contribution in [3.8, 4) is 0 Å². The van der Waals surface area contributed by atoms with E-state index >= 15 is 0 Å². The van der Waals surface area contributed by atoms with E-state index in [2.05, 4.69) is 161 Å². The standard InChI is InChI=1S/C35H42N5O2.C32H37N4O.4Y/c1-22-14-16-28(17-15-22)31-32(29-12-10-9-11-13-29)40(35(42)39-20-18-38(19-21-39)34(41)37(7)8)33(36-31)30-26(5)24(3)23(2)25(4)27(30)6;1-20-12-14-26(15-13-20)29-30(27-10-8-7-9-11-27)36(32(37)35-18-16-33-17-19-35)31(34-29)28-24(5)22(3)21(2)23(4)25(28)6;;;;/h10-17,31-32H,18-21H2,1-8H3;8-15,29-30,33H,16-19H2,1-6H3;;;;/q2*-1;;;;/t31-,32+;29-,30+;;;;/m11..../s1. The van der Waals surface area contributed by atoms with Crippen LogP contribution >= 0.6 is 0 Å². The van der Waals surface area contributed by atoms with Gasteiger partial charge in [0.25, 0.3) is 0 Å². The summed E-state index contributed by atoms with van der Waals surface area (Å²) >= 11 is 0. The molecule has 12 nitrogen and oxygen atoms in total. The van der Waals surface area contributed by atoms with Gasteiger partial charge in [0.15, 0.2) is 0 Å². The molecular weight excluding hydrogens is 1330 g/mol. The second-order valence-corrected chi connectivity index (χ2v) is 22.4. The Labute approximate surface area is 595 Å². The quantitative estimate of drug-likeness (QED) is 0.168. The van der Waals surface area contributed by atoms with Crippen LogP contribution in [0.25, 0.3) is 0 Å². The second kappa shape index (κ2) is 30.7. The number of nitrogens with one attached hydrogen (secondary N) is 1. The number of rotatable bonds is 6. The van der Waals surface area contributed by atoms with Crippen LogP contribution in [0.1, 0.15) is 124 Å². The van der Waals surface area contributed by atoms with Crippen molar-refractivity contribution < 1.29 is 145 Å². The number of aliphatic imine (C=N–C) groups is 2. The van der Waals surface area contributed by atoms with E-state index in [4.69, 9.17) is 9.98 Å². The fourth-order valence-electron chi connectivity index (χ4n) is 12.0. The van der Waals surface area contributed by atoms with Crippen molar-refractivity contribution in [3.05, 3.63) is 209 Å². The molecule has 0 bridgehead atoms. The number of hydrogen-bond acceptors (Lipinski definition) is 6. The van der Waals surface area contributed by atoms with Crippen LogP contribution in [0.4, 0.5) is 14.4 Å². The maximum atomic E-state index is 14.7. The zero-order valence-electron chi connectivity index (χ0n) is 51.3. The van der Waals surface area contributed by atoms with Gasteiger partial charge in [0, 0.05) is 208 Å². The Balaban J connectivity index is 0.000000292. The number of carbonyl (C=O) groups is 3. The summed E-state index contributed by atoms with van der Waals surface area (Å²) in [6.45, 7) is 30.8. The number of amidine groups is 2. The van der Waals surface area contributed by atoms with Gasteiger partial charge in [-0.05, 0) is 150 Å². The van der Waals surface area contributed by atoms with Crippen molar-refractivity contribution in [1.29, 1.82) is 0 Å². The Morgan fingerprint density at radius 1 is 0.422 bits per heavy atom. The molecule has 2 fully saturated rings. The van der Waals surface area contributed by atoms with Gasteiger partial charge in [-0.25, -0.2) is 14.4 Å². The van der Waals surface area contributed by atoms with E-state index in [0.29, 0.717) is 39.3 Å². The van der Waals surface area contributed by atoms with Gasteiger partial charge in [-0.2, -0.15) is 60.7 Å². The van der Waals surface area contributed by atoms with Gasteiger partial charge in [0.1, 0.15) is 23.8 Å². The molecule has 0 saturated carbocycles. The largest absolute Gasteiger partial charge is 0.331 e. The van der Waals surface area contributed by atoms with Crippen molar-refractivity contribution in [1.82, 2.24) is 34.7 Å². The fraction of sp³-hybridized carbons (Fsp3) is 0.388. The first-order chi connectivity index (χ1) is 37.8. The molecule has 6 aromatic rings. The SMILES string of the molecule is Cc1ccc([C@H]2N=C(c3c(C)c(C)c(C)c(C)c3C)N(C(=O)N3CCN(C(=O)N(C)C)CC3)[C@H]2c2cc[c-]cc2)cc1.Cc1ccc([C@H]2N=C(c3c(C)c(C)c(C)c(C)c3C)N(C(=O)N3CCNCC3)[C@H]2c2cc[c-]cc2)cc1.[Y].[Y].[Y].[Y]. The summed E-state index contributed by atoms with van der Waals surface area (Å²) in [7, 11) is 3.52. The second-order valence-electron chi connectivity index (χ2n) is 22.4. The summed E-state index contributed by atoms with van der Waals surface area (Å²) in [5.41, 5.74) is 21.1. The molecule has 16 heteroatoms. The minimum Gasteiger partial charge on any atom is -0.331 e. The molecule has 6 amide bonds. The third kappa shape index (κ3) is 14.6. The van der Waals surface area contributed by atoms with Gasteiger partial charge in [0.05, 0.1) is 12.1 Å². The average molecular weight is 1410 g/mol. The topological polar surface area (TPSA) is 107 Å². The van der Waals surface area contributed by atoms with Gasteiger partial charge in [-0.15, -0.1) is 11.1 Å². The van der Waals surface area contributed by atoms with Gasteiger partial charge >= 0.3 is 18.1 Å². The molecule has 4 atom stereocenters. The number of nitrogens with zero attached hydrogens (tertiary/aromatic N) is 8. The molecule has 424 valence electrons. The minimum atomic E-state index is -0.327. The van der Waals surface area contributed by atoms with Crippen molar-refractivity contribution in [3.63, 3.8) is 0 Å². The van der Waals surface area contributed by atoms with E-state index < -0.39 is 0 Å². The normalized spacial score (nSPS) is 18.3. The minimum absolute atomic E-state index is 0. The summed E-state index contributed by atoms with van der Waals surface area (Å²) in [4.78, 5) is 63.8. The Bertz CT molecular complexity index is 3260.